The molecular formula is C17H31N3O2. The Labute approximate surface area is 134 Å². The maximum Gasteiger partial charge on any atom is 0.273 e. The van der Waals surface area contributed by atoms with Crippen LogP contribution in [-0.4, -0.2) is 30.2 Å². The van der Waals surface area contributed by atoms with Crippen LogP contribution < -0.4 is 10.6 Å². The van der Waals surface area contributed by atoms with E-state index in [1.165, 1.54) is 0 Å². The van der Waals surface area contributed by atoms with Crippen LogP contribution in [0, 0.1) is 12.3 Å². The smallest absolute Gasteiger partial charge is 0.273 e. The fourth-order valence-corrected chi connectivity index (χ4v) is 2.86. The van der Waals surface area contributed by atoms with Gasteiger partial charge in [0.2, 0.25) is 0 Å². The summed E-state index contributed by atoms with van der Waals surface area (Å²) in [5, 5.41) is 10.4. The lowest BCUT2D eigenvalue weighted by Crippen LogP contribution is -2.48. The Morgan fingerprint density at radius 2 is 2.05 bits per heavy atom. The average molecular weight is 309 g/mol. The van der Waals surface area contributed by atoms with Crippen molar-refractivity contribution in [3.63, 3.8) is 0 Å². The zero-order valence-corrected chi connectivity index (χ0v) is 14.9. The molecule has 1 aromatic heterocycles. The third kappa shape index (κ3) is 4.32. The van der Waals surface area contributed by atoms with Gasteiger partial charge < -0.3 is 15.2 Å². The molecule has 0 radical (unpaired) electrons. The normalized spacial score (nSPS) is 15.4. The number of nitrogens with zero attached hydrogens (tertiary/aromatic N) is 1. The number of nitrogens with one attached hydrogen (secondary N) is 2. The second-order valence-electron chi connectivity index (χ2n) is 6.30. The van der Waals surface area contributed by atoms with Crippen molar-refractivity contribution in [2.24, 2.45) is 5.41 Å². The highest BCUT2D eigenvalue weighted by Gasteiger charge is 2.31. The number of rotatable bonds is 9. The summed E-state index contributed by atoms with van der Waals surface area (Å²) < 4.78 is 5.21. The summed E-state index contributed by atoms with van der Waals surface area (Å²) in [6.45, 7) is 14.1. The first-order valence-corrected chi connectivity index (χ1v) is 8.36. The summed E-state index contributed by atoms with van der Waals surface area (Å²) in [6, 6.07) is 0.336. The van der Waals surface area contributed by atoms with Crippen molar-refractivity contribution in [2.75, 3.05) is 13.1 Å². The minimum absolute atomic E-state index is 0.0195. The SMILES string of the molecule is CCCC(C)(CNC(=O)c1noc(CC)c1C)C(C)NCC. The molecule has 2 unspecified atom stereocenters. The molecule has 0 saturated carbocycles. The van der Waals surface area contributed by atoms with Crippen LogP contribution in [-0.2, 0) is 6.42 Å². The molecule has 0 aliphatic heterocycles. The molecule has 5 nitrogen and oxygen atoms in total. The third-order valence-electron chi connectivity index (χ3n) is 4.59. The highest BCUT2D eigenvalue weighted by atomic mass is 16.5. The van der Waals surface area contributed by atoms with Gasteiger partial charge in [0.15, 0.2) is 5.69 Å². The molecule has 0 aliphatic rings. The van der Waals surface area contributed by atoms with E-state index in [1.807, 2.05) is 13.8 Å². The van der Waals surface area contributed by atoms with Crippen molar-refractivity contribution in [1.29, 1.82) is 0 Å². The monoisotopic (exact) mass is 309 g/mol. The van der Waals surface area contributed by atoms with Gasteiger partial charge in [-0.25, -0.2) is 0 Å². The third-order valence-corrected chi connectivity index (χ3v) is 4.59. The number of hydrogen-bond acceptors (Lipinski definition) is 4. The molecule has 1 heterocycles. The first kappa shape index (κ1) is 18.7. The van der Waals surface area contributed by atoms with E-state index in [0.717, 1.165) is 37.1 Å². The minimum atomic E-state index is -0.146. The Morgan fingerprint density at radius 3 is 2.55 bits per heavy atom. The number of aromatic nitrogens is 1. The maximum absolute atomic E-state index is 12.4. The molecule has 1 aromatic rings. The highest BCUT2D eigenvalue weighted by molar-refractivity contribution is 5.93. The van der Waals surface area contributed by atoms with Gasteiger partial charge in [0.05, 0.1) is 0 Å². The number of carbonyl (C=O) groups excluding carboxylic acids is 1. The van der Waals surface area contributed by atoms with Gasteiger partial charge in [-0.3, -0.25) is 4.79 Å². The van der Waals surface area contributed by atoms with E-state index in [1.54, 1.807) is 0 Å². The quantitative estimate of drug-likeness (QED) is 0.735. The second-order valence-corrected chi connectivity index (χ2v) is 6.30. The molecule has 1 rings (SSSR count). The van der Waals surface area contributed by atoms with Gasteiger partial charge in [0.1, 0.15) is 5.76 Å². The molecule has 126 valence electrons. The molecule has 0 fully saturated rings. The number of hydrogen-bond donors (Lipinski definition) is 2. The molecule has 2 atom stereocenters. The Hall–Kier alpha value is -1.36. The lowest BCUT2D eigenvalue weighted by atomic mass is 9.78. The molecule has 0 bridgehead atoms. The summed E-state index contributed by atoms with van der Waals surface area (Å²) >= 11 is 0. The number of carbonyl (C=O) groups is 1. The van der Waals surface area contributed by atoms with Crippen molar-refractivity contribution in [3.05, 3.63) is 17.0 Å². The molecule has 2 N–H and O–H groups in total. The molecular weight excluding hydrogens is 278 g/mol. The van der Waals surface area contributed by atoms with E-state index >= 15 is 0 Å². The van der Waals surface area contributed by atoms with Gasteiger partial charge in [-0.15, -0.1) is 0 Å². The van der Waals surface area contributed by atoms with Crippen LogP contribution in [0.5, 0.6) is 0 Å². The maximum atomic E-state index is 12.4. The van der Waals surface area contributed by atoms with Gasteiger partial charge >= 0.3 is 0 Å². The fraction of sp³-hybridized carbons (Fsp3) is 0.765. The highest BCUT2D eigenvalue weighted by Crippen LogP contribution is 2.27. The summed E-state index contributed by atoms with van der Waals surface area (Å²) in [6.07, 6.45) is 2.89. The molecule has 1 amide bonds. The van der Waals surface area contributed by atoms with Crippen LogP contribution in [0.4, 0.5) is 0 Å². The topological polar surface area (TPSA) is 67.2 Å². The van der Waals surface area contributed by atoms with Crippen LogP contribution >= 0.6 is 0 Å². The van der Waals surface area contributed by atoms with Gasteiger partial charge in [-0.05, 0) is 32.2 Å². The largest absolute Gasteiger partial charge is 0.360 e. The van der Waals surface area contributed by atoms with E-state index in [0.29, 0.717) is 18.3 Å². The van der Waals surface area contributed by atoms with Crippen LogP contribution in [0.1, 0.15) is 69.3 Å². The van der Waals surface area contributed by atoms with Crippen LogP contribution in [0.25, 0.3) is 0 Å². The molecule has 0 aliphatic carbocycles. The summed E-state index contributed by atoms with van der Waals surface area (Å²) in [5.41, 5.74) is 1.27. The first-order valence-electron chi connectivity index (χ1n) is 8.36. The number of aryl methyl sites for hydroxylation is 1. The van der Waals surface area contributed by atoms with Crippen molar-refractivity contribution < 1.29 is 9.32 Å². The minimum Gasteiger partial charge on any atom is -0.360 e. The Balaban J connectivity index is 2.75. The second kappa shape index (κ2) is 8.32. The van der Waals surface area contributed by atoms with E-state index in [9.17, 15) is 4.79 Å². The summed E-state index contributed by atoms with van der Waals surface area (Å²) in [5.74, 6) is 0.634. The molecule has 0 spiro atoms. The van der Waals surface area contributed by atoms with Gasteiger partial charge in [-0.1, -0.05) is 39.3 Å². The Kier molecular flexibility index (Phi) is 7.07. The van der Waals surface area contributed by atoms with Gasteiger partial charge in [-0.2, -0.15) is 0 Å². The average Bonchev–Trinajstić information content (AvgIpc) is 2.86. The summed E-state index contributed by atoms with van der Waals surface area (Å²) in [4.78, 5) is 12.4. The van der Waals surface area contributed by atoms with Crippen molar-refractivity contribution in [1.82, 2.24) is 15.8 Å². The van der Waals surface area contributed by atoms with E-state index in [-0.39, 0.29) is 11.3 Å². The van der Waals surface area contributed by atoms with E-state index in [2.05, 4.69) is 43.5 Å². The lowest BCUT2D eigenvalue weighted by Gasteiger charge is -2.36. The fourth-order valence-electron chi connectivity index (χ4n) is 2.86. The lowest BCUT2D eigenvalue weighted by molar-refractivity contribution is 0.0907. The zero-order chi connectivity index (χ0) is 16.8. The number of amides is 1. The summed E-state index contributed by atoms with van der Waals surface area (Å²) in [7, 11) is 0. The van der Waals surface area contributed by atoms with E-state index in [4.69, 9.17) is 4.52 Å². The Bertz CT molecular complexity index is 484. The molecule has 22 heavy (non-hydrogen) atoms. The van der Waals surface area contributed by atoms with Crippen LogP contribution in [0.2, 0.25) is 0 Å². The Morgan fingerprint density at radius 1 is 1.36 bits per heavy atom. The van der Waals surface area contributed by atoms with Crippen molar-refractivity contribution in [2.45, 2.75) is 66.8 Å². The zero-order valence-electron chi connectivity index (χ0n) is 14.9. The van der Waals surface area contributed by atoms with Crippen molar-refractivity contribution in [3.8, 4) is 0 Å². The van der Waals surface area contributed by atoms with Crippen molar-refractivity contribution >= 4 is 5.91 Å². The van der Waals surface area contributed by atoms with E-state index < -0.39 is 0 Å². The van der Waals surface area contributed by atoms with Gasteiger partial charge in [0, 0.05) is 24.6 Å². The standard InChI is InChI=1S/C17H31N3O2/c1-7-10-17(6,13(5)18-9-3)11-19-16(21)15-12(4)14(8-2)22-20-15/h13,18H,7-11H2,1-6H3,(H,19,21). The molecule has 0 aromatic carbocycles. The molecule has 5 heteroatoms. The predicted molar refractivity (Wildman–Crippen MR) is 89.1 cm³/mol. The predicted octanol–water partition coefficient (Wildman–Crippen LogP) is 3.08. The first-order chi connectivity index (χ1) is 10.4. The van der Waals surface area contributed by atoms with Gasteiger partial charge in [0.25, 0.3) is 5.91 Å². The van der Waals surface area contributed by atoms with Crippen LogP contribution in [0.3, 0.4) is 0 Å². The van der Waals surface area contributed by atoms with Crippen LogP contribution in [0.15, 0.2) is 4.52 Å². The molecule has 0 saturated heterocycles.